The summed E-state index contributed by atoms with van der Waals surface area (Å²) in [6.07, 6.45) is 0.832. The lowest BCUT2D eigenvalue weighted by Crippen LogP contribution is -1.98. The summed E-state index contributed by atoms with van der Waals surface area (Å²) in [6.45, 7) is 1.98. The van der Waals surface area contributed by atoms with Gasteiger partial charge in [0.25, 0.3) is 0 Å². The third-order valence-electron chi connectivity index (χ3n) is 2.60. The normalized spacial score (nSPS) is 12.2. The number of hydrogen-bond donors (Lipinski definition) is 0. The zero-order valence-corrected chi connectivity index (χ0v) is 13.3. The lowest BCUT2D eigenvalue weighted by molar-refractivity contribution is 0.481. The Balaban J connectivity index is 2.28. The highest BCUT2D eigenvalue weighted by molar-refractivity contribution is 7.85. The van der Waals surface area contributed by atoms with E-state index in [0.717, 1.165) is 6.42 Å². The molecule has 106 valence electrons. The molecule has 2 aromatic carbocycles. The Hall–Kier alpha value is -1.03. The van der Waals surface area contributed by atoms with Gasteiger partial charge in [0.1, 0.15) is 11.5 Å². The van der Waals surface area contributed by atoms with Gasteiger partial charge in [-0.25, -0.2) is 0 Å². The summed E-state index contributed by atoms with van der Waals surface area (Å²) in [5, 5.41) is 1.02. The fourth-order valence-electron chi connectivity index (χ4n) is 1.67. The predicted octanol–water partition coefficient (Wildman–Crippen LogP) is 5.30. The van der Waals surface area contributed by atoms with E-state index in [0.29, 0.717) is 32.2 Å². The Morgan fingerprint density at radius 1 is 1.10 bits per heavy atom. The highest BCUT2D eigenvalue weighted by atomic mass is 35.5. The van der Waals surface area contributed by atoms with E-state index in [-0.39, 0.29) is 0 Å². The van der Waals surface area contributed by atoms with E-state index in [4.69, 9.17) is 27.9 Å². The summed E-state index contributed by atoms with van der Waals surface area (Å²) < 4.78 is 17.8. The van der Waals surface area contributed by atoms with E-state index in [1.807, 2.05) is 19.1 Å². The van der Waals surface area contributed by atoms with Crippen molar-refractivity contribution in [2.24, 2.45) is 0 Å². The second-order valence-corrected chi connectivity index (χ2v) is 6.53. The van der Waals surface area contributed by atoms with Crippen LogP contribution in [0.4, 0.5) is 0 Å². The van der Waals surface area contributed by atoms with Crippen LogP contribution in [0.5, 0.6) is 11.5 Å². The van der Waals surface area contributed by atoms with Crippen molar-refractivity contribution in [2.45, 2.75) is 18.2 Å². The van der Waals surface area contributed by atoms with Crippen LogP contribution in [0.3, 0.4) is 0 Å². The van der Waals surface area contributed by atoms with Gasteiger partial charge in [-0.2, -0.15) is 0 Å². The van der Waals surface area contributed by atoms with Crippen molar-refractivity contribution >= 4 is 34.0 Å². The van der Waals surface area contributed by atoms with Crippen molar-refractivity contribution in [3.05, 3.63) is 52.5 Å². The van der Waals surface area contributed by atoms with Crippen molar-refractivity contribution in [2.75, 3.05) is 5.75 Å². The van der Waals surface area contributed by atoms with Crippen LogP contribution in [0.2, 0.25) is 10.0 Å². The maximum atomic E-state index is 12.1. The van der Waals surface area contributed by atoms with Gasteiger partial charge in [0.2, 0.25) is 0 Å². The molecule has 0 fully saturated rings. The number of benzene rings is 2. The smallest absolute Gasteiger partial charge is 0.146 e. The Bertz CT molecular complexity index is 629. The number of hydrogen-bond acceptors (Lipinski definition) is 2. The van der Waals surface area contributed by atoms with Crippen molar-refractivity contribution in [3.8, 4) is 11.5 Å². The van der Waals surface area contributed by atoms with E-state index in [1.54, 1.807) is 30.3 Å². The largest absolute Gasteiger partial charge is 0.456 e. The molecule has 2 nitrogen and oxygen atoms in total. The van der Waals surface area contributed by atoms with Gasteiger partial charge in [0.15, 0.2) is 0 Å². The first-order valence-electron chi connectivity index (χ1n) is 6.22. The average molecular weight is 329 g/mol. The molecule has 0 spiro atoms. The molecule has 0 aliphatic carbocycles. The molecule has 5 heteroatoms. The molecule has 0 radical (unpaired) electrons. The monoisotopic (exact) mass is 328 g/mol. The molecule has 0 aliphatic heterocycles. The summed E-state index contributed by atoms with van der Waals surface area (Å²) in [5.41, 5.74) is 0. The molecule has 20 heavy (non-hydrogen) atoms. The van der Waals surface area contributed by atoms with Crippen LogP contribution >= 0.6 is 23.2 Å². The van der Waals surface area contributed by atoms with Gasteiger partial charge in [-0.15, -0.1) is 0 Å². The SMILES string of the molecule is CCCS(=O)c1cc(Oc2ccccc2Cl)ccc1Cl. The maximum absolute atomic E-state index is 12.1. The zero-order valence-electron chi connectivity index (χ0n) is 10.9. The van der Waals surface area contributed by atoms with Crippen molar-refractivity contribution in [1.82, 2.24) is 0 Å². The van der Waals surface area contributed by atoms with Crippen LogP contribution in [-0.4, -0.2) is 9.96 Å². The quantitative estimate of drug-likeness (QED) is 0.744. The van der Waals surface area contributed by atoms with Gasteiger partial charge in [-0.05, 0) is 36.8 Å². The third kappa shape index (κ3) is 3.75. The van der Waals surface area contributed by atoms with Crippen LogP contribution in [0.15, 0.2) is 47.4 Å². The summed E-state index contributed by atoms with van der Waals surface area (Å²) in [4.78, 5) is 0.595. The highest BCUT2D eigenvalue weighted by Crippen LogP contribution is 2.32. The van der Waals surface area contributed by atoms with Crippen molar-refractivity contribution in [1.29, 1.82) is 0 Å². The first-order chi connectivity index (χ1) is 9.61. The Kier molecular flexibility index (Phi) is 5.46. The minimum Gasteiger partial charge on any atom is -0.456 e. The molecule has 0 saturated heterocycles. The summed E-state index contributed by atoms with van der Waals surface area (Å²) >= 11 is 12.1. The van der Waals surface area contributed by atoms with E-state index < -0.39 is 10.8 Å². The van der Waals surface area contributed by atoms with Gasteiger partial charge >= 0.3 is 0 Å². The molecule has 0 N–H and O–H groups in total. The summed E-state index contributed by atoms with van der Waals surface area (Å²) in [7, 11) is -1.11. The van der Waals surface area contributed by atoms with Gasteiger partial charge in [-0.3, -0.25) is 4.21 Å². The molecular weight excluding hydrogens is 315 g/mol. The number of para-hydroxylation sites is 1. The first kappa shape index (κ1) is 15.4. The molecule has 0 saturated carbocycles. The van der Waals surface area contributed by atoms with E-state index in [1.165, 1.54) is 0 Å². The number of rotatable bonds is 5. The lowest BCUT2D eigenvalue weighted by atomic mass is 10.3. The first-order valence-corrected chi connectivity index (χ1v) is 8.29. The molecule has 0 amide bonds. The summed E-state index contributed by atoms with van der Waals surface area (Å²) in [5.74, 6) is 1.71. The fourth-order valence-corrected chi connectivity index (χ4v) is 3.35. The lowest BCUT2D eigenvalue weighted by Gasteiger charge is -2.10. The van der Waals surface area contributed by atoms with Crippen molar-refractivity contribution in [3.63, 3.8) is 0 Å². The second-order valence-electron chi connectivity index (χ2n) is 4.17. The van der Waals surface area contributed by atoms with Gasteiger partial charge in [0, 0.05) is 5.75 Å². The van der Waals surface area contributed by atoms with Gasteiger partial charge in [-0.1, -0.05) is 42.3 Å². The molecule has 2 aromatic rings. The third-order valence-corrected chi connectivity index (χ3v) is 4.96. The molecule has 1 unspecified atom stereocenters. The van der Waals surface area contributed by atoms with E-state index in [9.17, 15) is 4.21 Å². The molecule has 0 aromatic heterocycles. The number of ether oxygens (including phenoxy) is 1. The van der Waals surface area contributed by atoms with Crippen molar-refractivity contribution < 1.29 is 8.95 Å². The van der Waals surface area contributed by atoms with Crippen LogP contribution in [-0.2, 0) is 10.8 Å². The topological polar surface area (TPSA) is 26.3 Å². The zero-order chi connectivity index (χ0) is 14.5. The number of halogens is 2. The van der Waals surface area contributed by atoms with E-state index >= 15 is 0 Å². The van der Waals surface area contributed by atoms with Crippen LogP contribution in [0.25, 0.3) is 0 Å². The standard InChI is InChI=1S/C15H14Cl2O2S/c1-2-9-20(18)15-10-11(7-8-13(15)17)19-14-6-4-3-5-12(14)16/h3-8,10H,2,9H2,1H3. The minimum atomic E-state index is -1.11. The van der Waals surface area contributed by atoms with Crippen LogP contribution < -0.4 is 4.74 Å². The Morgan fingerprint density at radius 2 is 1.85 bits per heavy atom. The molecular formula is C15H14Cl2O2S. The molecule has 1 atom stereocenters. The molecule has 0 bridgehead atoms. The molecule has 0 aliphatic rings. The predicted molar refractivity (Wildman–Crippen MR) is 84.5 cm³/mol. The summed E-state index contributed by atoms with van der Waals surface area (Å²) in [6, 6.07) is 12.3. The van der Waals surface area contributed by atoms with Gasteiger partial charge < -0.3 is 4.74 Å². The van der Waals surface area contributed by atoms with Crippen LogP contribution in [0, 0.1) is 0 Å². The fraction of sp³-hybridized carbons (Fsp3) is 0.200. The molecule has 0 heterocycles. The molecule has 2 rings (SSSR count). The minimum absolute atomic E-state index is 0.489. The average Bonchev–Trinajstić information content (AvgIpc) is 2.43. The second kappa shape index (κ2) is 7.11. The Labute approximate surface area is 131 Å². The van der Waals surface area contributed by atoms with E-state index in [2.05, 4.69) is 0 Å². The highest BCUT2D eigenvalue weighted by Gasteiger charge is 2.11. The van der Waals surface area contributed by atoms with Gasteiger partial charge in [0.05, 0.1) is 25.7 Å². The van der Waals surface area contributed by atoms with Crippen LogP contribution in [0.1, 0.15) is 13.3 Å². The maximum Gasteiger partial charge on any atom is 0.146 e. The Morgan fingerprint density at radius 3 is 2.55 bits per heavy atom.